The zero-order valence-corrected chi connectivity index (χ0v) is 11.6. The number of hydrogen-bond acceptors (Lipinski definition) is 4. The van der Waals surface area contributed by atoms with Gasteiger partial charge in [0.2, 0.25) is 10.0 Å². The summed E-state index contributed by atoms with van der Waals surface area (Å²) in [6.45, 7) is 3.64. The number of hydrogen-bond donors (Lipinski definition) is 1. The first kappa shape index (κ1) is 15.2. The minimum Gasteiger partial charge on any atom is -0.381 e. The summed E-state index contributed by atoms with van der Waals surface area (Å²) in [5.41, 5.74) is -0.551. The SMILES string of the molecule is CCOCCS(=O)(=O)NC1(CCl)CCOCC1. The molecule has 0 radical (unpaired) electrons. The monoisotopic (exact) mass is 285 g/mol. The Morgan fingerprint density at radius 1 is 1.41 bits per heavy atom. The van der Waals surface area contributed by atoms with Crippen molar-refractivity contribution in [3.63, 3.8) is 0 Å². The van der Waals surface area contributed by atoms with Gasteiger partial charge in [-0.1, -0.05) is 0 Å². The molecule has 0 aromatic heterocycles. The molecule has 7 heteroatoms. The molecular weight excluding hydrogens is 266 g/mol. The van der Waals surface area contributed by atoms with E-state index < -0.39 is 15.6 Å². The average Bonchev–Trinajstić information content (AvgIpc) is 2.30. The smallest absolute Gasteiger partial charge is 0.214 e. The molecule has 17 heavy (non-hydrogen) atoms. The molecule has 0 atom stereocenters. The lowest BCUT2D eigenvalue weighted by Crippen LogP contribution is -2.54. The number of alkyl halides is 1. The number of rotatable bonds is 7. The molecule has 0 spiro atoms. The Kier molecular flexibility index (Phi) is 6.16. The lowest BCUT2D eigenvalue weighted by atomic mass is 9.94. The van der Waals surface area contributed by atoms with Gasteiger partial charge < -0.3 is 9.47 Å². The van der Waals surface area contributed by atoms with Crippen molar-refractivity contribution in [3.05, 3.63) is 0 Å². The Hall–Kier alpha value is 0.120. The third-order valence-corrected chi connectivity index (χ3v) is 4.74. The van der Waals surface area contributed by atoms with Gasteiger partial charge in [0.05, 0.1) is 17.9 Å². The third kappa shape index (κ3) is 5.09. The fourth-order valence-electron chi connectivity index (χ4n) is 1.72. The van der Waals surface area contributed by atoms with Gasteiger partial charge in [-0.3, -0.25) is 0 Å². The van der Waals surface area contributed by atoms with Crippen LogP contribution in [0.1, 0.15) is 19.8 Å². The first-order valence-corrected chi connectivity index (χ1v) is 7.95. The van der Waals surface area contributed by atoms with E-state index in [1.807, 2.05) is 6.92 Å². The lowest BCUT2D eigenvalue weighted by Gasteiger charge is -2.35. The van der Waals surface area contributed by atoms with Crippen LogP contribution in [0.15, 0.2) is 0 Å². The molecule has 0 saturated carbocycles. The predicted octanol–water partition coefficient (Wildman–Crippen LogP) is 0.730. The molecule has 5 nitrogen and oxygen atoms in total. The molecular formula is C10H20ClNO4S. The maximum atomic E-state index is 11.8. The molecule has 102 valence electrons. The maximum Gasteiger partial charge on any atom is 0.214 e. The third-order valence-electron chi connectivity index (χ3n) is 2.78. The van der Waals surface area contributed by atoms with Crippen LogP contribution in [-0.4, -0.2) is 52.0 Å². The summed E-state index contributed by atoms with van der Waals surface area (Å²) >= 11 is 5.89. The largest absolute Gasteiger partial charge is 0.381 e. The second-order valence-electron chi connectivity index (χ2n) is 4.14. The Labute approximate surface area is 108 Å². The van der Waals surface area contributed by atoms with E-state index in [0.717, 1.165) is 0 Å². The molecule has 0 unspecified atom stereocenters. The minimum absolute atomic E-state index is 0.0274. The van der Waals surface area contributed by atoms with E-state index in [9.17, 15) is 8.42 Å². The summed E-state index contributed by atoms with van der Waals surface area (Å²) in [7, 11) is -3.34. The fraction of sp³-hybridized carbons (Fsp3) is 1.00. The zero-order chi connectivity index (χ0) is 12.8. The number of halogens is 1. The Morgan fingerprint density at radius 3 is 2.59 bits per heavy atom. The molecule has 1 aliphatic heterocycles. The van der Waals surface area contributed by atoms with Crippen molar-refractivity contribution in [2.24, 2.45) is 0 Å². The maximum absolute atomic E-state index is 11.8. The standard InChI is InChI=1S/C10H20ClNO4S/c1-2-15-7-8-17(13,14)12-10(9-11)3-5-16-6-4-10/h12H,2-9H2,1H3. The Balaban J connectivity index is 2.54. The van der Waals surface area contributed by atoms with Gasteiger partial charge in [-0.25, -0.2) is 13.1 Å². The molecule has 0 aliphatic carbocycles. The van der Waals surface area contributed by atoms with Gasteiger partial charge in [-0.05, 0) is 19.8 Å². The summed E-state index contributed by atoms with van der Waals surface area (Å²) in [4.78, 5) is 0. The van der Waals surface area contributed by atoms with Gasteiger partial charge in [-0.15, -0.1) is 11.6 Å². The molecule has 1 rings (SSSR count). The second-order valence-corrected chi connectivity index (χ2v) is 6.25. The van der Waals surface area contributed by atoms with Crippen LogP contribution in [0.2, 0.25) is 0 Å². The normalized spacial score (nSPS) is 20.4. The highest BCUT2D eigenvalue weighted by atomic mass is 35.5. The van der Waals surface area contributed by atoms with Gasteiger partial charge >= 0.3 is 0 Å². The fourth-order valence-corrected chi connectivity index (χ4v) is 3.51. The molecule has 0 aromatic rings. The van der Waals surface area contributed by atoms with E-state index in [1.54, 1.807) is 0 Å². The van der Waals surface area contributed by atoms with Gasteiger partial charge in [0.1, 0.15) is 0 Å². The van der Waals surface area contributed by atoms with E-state index in [1.165, 1.54) is 0 Å². The van der Waals surface area contributed by atoms with Crippen LogP contribution >= 0.6 is 11.6 Å². The zero-order valence-electron chi connectivity index (χ0n) is 10.1. The molecule has 1 saturated heterocycles. The van der Waals surface area contributed by atoms with Crippen molar-refractivity contribution in [3.8, 4) is 0 Å². The van der Waals surface area contributed by atoms with E-state index in [0.29, 0.717) is 32.7 Å². The molecule has 1 fully saturated rings. The van der Waals surface area contributed by atoms with Crippen LogP contribution in [0, 0.1) is 0 Å². The van der Waals surface area contributed by atoms with Crippen LogP contribution in [0.5, 0.6) is 0 Å². The number of nitrogens with one attached hydrogen (secondary N) is 1. The van der Waals surface area contributed by atoms with Gasteiger partial charge in [0.25, 0.3) is 0 Å². The van der Waals surface area contributed by atoms with E-state index in [-0.39, 0.29) is 18.2 Å². The van der Waals surface area contributed by atoms with Crippen LogP contribution < -0.4 is 4.72 Å². The molecule has 1 N–H and O–H groups in total. The lowest BCUT2D eigenvalue weighted by molar-refractivity contribution is 0.0548. The summed E-state index contributed by atoms with van der Waals surface area (Å²) < 4.78 is 36.7. The van der Waals surface area contributed by atoms with Crippen molar-refractivity contribution in [1.82, 2.24) is 4.72 Å². The molecule has 0 amide bonds. The minimum atomic E-state index is -3.34. The summed E-state index contributed by atoms with van der Waals surface area (Å²) in [5.74, 6) is 0.241. The number of sulfonamides is 1. The van der Waals surface area contributed by atoms with Crippen molar-refractivity contribution in [1.29, 1.82) is 0 Å². The van der Waals surface area contributed by atoms with Crippen molar-refractivity contribution in [2.45, 2.75) is 25.3 Å². The van der Waals surface area contributed by atoms with Gasteiger partial charge in [0.15, 0.2) is 0 Å². The highest BCUT2D eigenvalue weighted by molar-refractivity contribution is 7.89. The topological polar surface area (TPSA) is 64.6 Å². The molecule has 1 heterocycles. The van der Waals surface area contributed by atoms with Gasteiger partial charge in [-0.2, -0.15) is 0 Å². The summed E-state index contributed by atoms with van der Waals surface area (Å²) in [5, 5.41) is 0. The first-order chi connectivity index (χ1) is 8.04. The Bertz CT molecular complexity index is 314. The van der Waals surface area contributed by atoms with Gasteiger partial charge in [0, 0.05) is 25.7 Å². The number of ether oxygens (including phenoxy) is 2. The second kappa shape index (κ2) is 6.89. The highest BCUT2D eigenvalue weighted by Crippen LogP contribution is 2.23. The summed E-state index contributed by atoms with van der Waals surface area (Å²) in [6.07, 6.45) is 1.23. The Morgan fingerprint density at radius 2 is 2.06 bits per heavy atom. The first-order valence-electron chi connectivity index (χ1n) is 5.77. The van der Waals surface area contributed by atoms with Crippen LogP contribution in [-0.2, 0) is 19.5 Å². The molecule has 1 aliphatic rings. The highest BCUT2D eigenvalue weighted by Gasteiger charge is 2.35. The molecule has 0 bridgehead atoms. The van der Waals surface area contributed by atoms with E-state index in [4.69, 9.17) is 21.1 Å². The van der Waals surface area contributed by atoms with Crippen molar-refractivity contribution in [2.75, 3.05) is 38.1 Å². The van der Waals surface area contributed by atoms with Crippen molar-refractivity contribution >= 4 is 21.6 Å². The summed E-state index contributed by atoms with van der Waals surface area (Å²) in [6, 6.07) is 0. The van der Waals surface area contributed by atoms with Crippen LogP contribution in [0.25, 0.3) is 0 Å². The molecule has 0 aromatic carbocycles. The van der Waals surface area contributed by atoms with Crippen LogP contribution in [0.4, 0.5) is 0 Å². The quantitative estimate of drug-likeness (QED) is 0.553. The average molecular weight is 286 g/mol. The predicted molar refractivity (Wildman–Crippen MR) is 66.9 cm³/mol. The van der Waals surface area contributed by atoms with E-state index in [2.05, 4.69) is 4.72 Å². The van der Waals surface area contributed by atoms with Crippen LogP contribution in [0.3, 0.4) is 0 Å². The van der Waals surface area contributed by atoms with E-state index >= 15 is 0 Å². The van der Waals surface area contributed by atoms with Crippen molar-refractivity contribution < 1.29 is 17.9 Å².